The van der Waals surface area contributed by atoms with Gasteiger partial charge in [-0.05, 0) is 37.1 Å². The molecule has 0 aliphatic carbocycles. The van der Waals surface area contributed by atoms with Gasteiger partial charge in [-0.3, -0.25) is 4.79 Å². The Morgan fingerprint density at radius 2 is 1.67 bits per heavy atom. The second-order valence-corrected chi connectivity index (χ2v) is 8.14. The fourth-order valence-electron chi connectivity index (χ4n) is 4.14. The number of rotatable bonds is 8. The van der Waals surface area contributed by atoms with Crippen LogP contribution in [0.15, 0.2) is 42.5 Å². The molecule has 0 bridgehead atoms. The molecular weight excluding hydrogens is 378 g/mol. The van der Waals surface area contributed by atoms with Crippen molar-refractivity contribution in [3.05, 3.63) is 59.2 Å². The first-order chi connectivity index (χ1) is 14.5. The number of nitrogens with one attached hydrogen (secondary N) is 3. The predicted molar refractivity (Wildman–Crippen MR) is 117 cm³/mol. The average molecular weight is 414 g/mol. The van der Waals surface area contributed by atoms with E-state index in [0.717, 1.165) is 49.8 Å². The van der Waals surface area contributed by atoms with Gasteiger partial charge in [0.2, 0.25) is 0 Å². The number of ether oxygens (including phenoxy) is 2. The number of piperazine rings is 1. The predicted octanol–water partition coefficient (Wildman–Crippen LogP) is 0.000520. The summed E-state index contributed by atoms with van der Waals surface area (Å²) in [5, 5.41) is 3.09. The minimum atomic E-state index is -0.0296. The van der Waals surface area contributed by atoms with E-state index in [4.69, 9.17) is 9.47 Å². The Morgan fingerprint density at radius 3 is 2.30 bits per heavy atom. The van der Waals surface area contributed by atoms with Gasteiger partial charge >= 0.3 is 0 Å². The third kappa shape index (κ3) is 5.52. The highest BCUT2D eigenvalue weighted by Crippen LogP contribution is 2.29. The Balaban J connectivity index is 1.50. The first-order valence-electron chi connectivity index (χ1n) is 10.7. The highest BCUT2D eigenvalue weighted by Gasteiger charge is 2.31. The van der Waals surface area contributed by atoms with E-state index < -0.39 is 0 Å². The van der Waals surface area contributed by atoms with Gasteiger partial charge in [-0.25, -0.2) is 0 Å². The van der Waals surface area contributed by atoms with Crippen LogP contribution in [0.25, 0.3) is 0 Å². The molecule has 1 aliphatic rings. The van der Waals surface area contributed by atoms with E-state index in [2.05, 4.69) is 18.3 Å². The van der Waals surface area contributed by atoms with Gasteiger partial charge in [0.15, 0.2) is 17.5 Å². The lowest BCUT2D eigenvalue weighted by Gasteiger charge is -2.33. The minimum Gasteiger partial charge on any atom is -0.493 e. The van der Waals surface area contributed by atoms with Crippen LogP contribution in [0.1, 0.15) is 23.6 Å². The topological polar surface area (TPSA) is 56.4 Å². The van der Waals surface area contributed by atoms with Crippen molar-refractivity contribution in [1.82, 2.24) is 5.32 Å². The third-order valence-corrected chi connectivity index (χ3v) is 6.20. The van der Waals surface area contributed by atoms with Crippen molar-refractivity contribution >= 4 is 5.91 Å². The molecule has 3 rings (SSSR count). The van der Waals surface area contributed by atoms with Gasteiger partial charge in [0, 0.05) is 12.1 Å². The maximum atomic E-state index is 12.6. The molecule has 0 unspecified atom stereocenters. The molecule has 30 heavy (non-hydrogen) atoms. The number of methoxy groups -OCH3 is 2. The highest BCUT2D eigenvalue weighted by molar-refractivity contribution is 5.79. The quantitative estimate of drug-likeness (QED) is 0.571. The van der Waals surface area contributed by atoms with E-state index in [0.29, 0.717) is 6.54 Å². The highest BCUT2D eigenvalue weighted by atomic mass is 16.5. The Hall–Kier alpha value is -2.57. The van der Waals surface area contributed by atoms with Gasteiger partial charge in [-0.1, -0.05) is 30.3 Å². The monoisotopic (exact) mass is 413 g/mol. The van der Waals surface area contributed by atoms with Crippen LogP contribution >= 0.6 is 0 Å². The fraction of sp³-hybridized carbons (Fsp3) is 0.458. The van der Waals surface area contributed by atoms with E-state index in [1.165, 1.54) is 16.0 Å². The third-order valence-electron chi connectivity index (χ3n) is 6.20. The molecule has 1 heterocycles. The van der Waals surface area contributed by atoms with Gasteiger partial charge in [0.05, 0.1) is 14.2 Å². The lowest BCUT2D eigenvalue weighted by atomic mass is 10.1. The molecule has 6 heteroatoms. The summed E-state index contributed by atoms with van der Waals surface area (Å²) in [5.41, 5.74) is 3.65. The number of hydrogen-bond acceptors (Lipinski definition) is 3. The van der Waals surface area contributed by atoms with Crippen LogP contribution in [0, 0.1) is 6.92 Å². The molecule has 0 spiro atoms. The van der Waals surface area contributed by atoms with E-state index in [1.807, 2.05) is 43.3 Å². The standard InChI is InChI=1S/C24H33N3O3/c1-18-14-22(29-3)23(30-4)15-21(18)17-26-10-12-27(13-11-26)19(2)24(28)25-16-20-8-6-5-7-9-20/h5-9,14-15,19H,10-13,16-17H2,1-4H3,(H,25,28)/p+2/t19-/m1/s1. The summed E-state index contributed by atoms with van der Waals surface area (Å²) in [5.74, 6) is 1.69. The molecular formula is C24H35N3O3+2. The van der Waals surface area contributed by atoms with Crippen LogP contribution in [-0.2, 0) is 17.9 Å². The Bertz CT molecular complexity index is 833. The number of carbonyl (C=O) groups excluding carboxylic acids is 1. The van der Waals surface area contributed by atoms with Gasteiger partial charge in [-0.2, -0.15) is 0 Å². The average Bonchev–Trinajstić information content (AvgIpc) is 2.79. The molecule has 0 saturated carbocycles. The molecule has 162 valence electrons. The number of quaternary nitrogens is 2. The second-order valence-electron chi connectivity index (χ2n) is 8.14. The van der Waals surface area contributed by atoms with Crippen molar-refractivity contribution in [2.75, 3.05) is 40.4 Å². The minimum absolute atomic E-state index is 0.0296. The van der Waals surface area contributed by atoms with Crippen molar-refractivity contribution in [2.24, 2.45) is 0 Å². The Labute approximate surface area is 179 Å². The lowest BCUT2D eigenvalue weighted by molar-refractivity contribution is -1.02. The maximum absolute atomic E-state index is 12.6. The summed E-state index contributed by atoms with van der Waals surface area (Å²) in [6.45, 7) is 9.83. The number of amides is 1. The van der Waals surface area contributed by atoms with Crippen LogP contribution in [0.4, 0.5) is 0 Å². The van der Waals surface area contributed by atoms with E-state index in [1.54, 1.807) is 19.1 Å². The molecule has 1 atom stereocenters. The Kier molecular flexibility index (Phi) is 7.71. The SMILES string of the molecule is COc1cc(C)c(C[NH+]2CC[NH+]([C@H](C)C(=O)NCc3ccccc3)CC2)cc1OC. The molecule has 1 amide bonds. The maximum Gasteiger partial charge on any atom is 0.278 e. The molecule has 0 aromatic heterocycles. The van der Waals surface area contributed by atoms with Crippen LogP contribution < -0.4 is 24.6 Å². The molecule has 2 aromatic rings. The van der Waals surface area contributed by atoms with Crippen LogP contribution in [0.2, 0.25) is 0 Å². The van der Waals surface area contributed by atoms with Crippen LogP contribution in [-0.4, -0.2) is 52.3 Å². The van der Waals surface area contributed by atoms with E-state index >= 15 is 0 Å². The van der Waals surface area contributed by atoms with Crippen molar-refractivity contribution in [2.45, 2.75) is 33.0 Å². The fourth-order valence-corrected chi connectivity index (χ4v) is 4.14. The van der Waals surface area contributed by atoms with E-state index in [9.17, 15) is 4.79 Å². The van der Waals surface area contributed by atoms with Crippen molar-refractivity contribution in [3.8, 4) is 11.5 Å². The summed E-state index contributed by atoms with van der Waals surface area (Å²) in [6.07, 6.45) is 0. The number of hydrogen-bond donors (Lipinski definition) is 3. The zero-order valence-corrected chi connectivity index (χ0v) is 18.6. The summed E-state index contributed by atoms with van der Waals surface area (Å²) in [7, 11) is 3.34. The lowest BCUT2D eigenvalue weighted by Crippen LogP contribution is -3.29. The van der Waals surface area contributed by atoms with Gasteiger partial charge in [-0.15, -0.1) is 0 Å². The number of benzene rings is 2. The zero-order valence-electron chi connectivity index (χ0n) is 18.6. The number of carbonyl (C=O) groups is 1. The smallest absolute Gasteiger partial charge is 0.278 e. The first kappa shape index (κ1) is 22.1. The molecule has 2 aromatic carbocycles. The summed E-state index contributed by atoms with van der Waals surface area (Å²) in [6, 6.07) is 14.2. The largest absolute Gasteiger partial charge is 0.493 e. The zero-order chi connectivity index (χ0) is 21.5. The van der Waals surface area contributed by atoms with Gasteiger partial charge < -0.3 is 24.6 Å². The second kappa shape index (κ2) is 10.5. The summed E-state index contributed by atoms with van der Waals surface area (Å²) >= 11 is 0. The molecule has 1 aliphatic heterocycles. The van der Waals surface area contributed by atoms with Crippen LogP contribution in [0.3, 0.4) is 0 Å². The van der Waals surface area contributed by atoms with Gasteiger partial charge in [0.1, 0.15) is 32.7 Å². The first-order valence-corrected chi connectivity index (χ1v) is 10.7. The molecule has 6 nitrogen and oxygen atoms in total. The van der Waals surface area contributed by atoms with Gasteiger partial charge in [0.25, 0.3) is 5.91 Å². The Morgan fingerprint density at radius 1 is 1.03 bits per heavy atom. The van der Waals surface area contributed by atoms with Crippen molar-refractivity contribution in [3.63, 3.8) is 0 Å². The summed E-state index contributed by atoms with van der Waals surface area (Å²) < 4.78 is 10.9. The molecule has 0 radical (unpaired) electrons. The molecule has 1 saturated heterocycles. The summed E-state index contributed by atoms with van der Waals surface area (Å²) in [4.78, 5) is 15.5. The van der Waals surface area contributed by atoms with Crippen molar-refractivity contribution < 1.29 is 24.1 Å². The van der Waals surface area contributed by atoms with Crippen molar-refractivity contribution in [1.29, 1.82) is 0 Å². The van der Waals surface area contributed by atoms with Crippen LogP contribution in [0.5, 0.6) is 11.5 Å². The van der Waals surface area contributed by atoms with E-state index in [-0.39, 0.29) is 11.9 Å². The molecule has 1 fully saturated rings. The normalized spacial score (nSPS) is 19.7. The number of aryl methyl sites for hydroxylation is 1. The molecule has 3 N–H and O–H groups in total.